The fraction of sp³-hybridized carbons (Fsp3) is 0.966. The summed E-state index contributed by atoms with van der Waals surface area (Å²) < 4.78 is 11.1. The van der Waals surface area contributed by atoms with Gasteiger partial charge in [-0.25, -0.2) is 4.79 Å². The predicted octanol–water partition coefficient (Wildman–Crippen LogP) is 17.7. The summed E-state index contributed by atoms with van der Waals surface area (Å²) >= 11 is 0. The van der Waals surface area contributed by atoms with Gasteiger partial charge >= 0.3 is 6.16 Å². The first-order valence-corrected chi connectivity index (χ1v) is 29.4. The van der Waals surface area contributed by atoms with E-state index in [1.54, 1.807) is 0 Å². The number of carbonyl (C=O) groups is 2. The van der Waals surface area contributed by atoms with Crippen LogP contribution in [-0.4, -0.2) is 79.5 Å². The number of aliphatic hydroxyl groups excluding tert-OH is 1. The molecular weight excluding hydrogens is 805 g/mol. The molecule has 0 bridgehead atoms. The highest BCUT2D eigenvalue weighted by Crippen LogP contribution is 2.20. The van der Waals surface area contributed by atoms with Gasteiger partial charge in [-0.15, -0.1) is 0 Å². The number of rotatable bonds is 54. The van der Waals surface area contributed by atoms with Gasteiger partial charge in [-0.2, -0.15) is 0 Å². The number of carbonyl (C=O) groups excluding carboxylic acids is 2. The second kappa shape index (κ2) is 53.6. The van der Waals surface area contributed by atoms with E-state index in [1.165, 1.54) is 212 Å². The first kappa shape index (κ1) is 63.7. The molecule has 0 rings (SSSR count). The van der Waals surface area contributed by atoms with E-state index in [-0.39, 0.29) is 0 Å². The van der Waals surface area contributed by atoms with Gasteiger partial charge in [-0.1, -0.05) is 227 Å². The van der Waals surface area contributed by atoms with Gasteiger partial charge in [0.2, 0.25) is 5.91 Å². The number of ether oxygens (including phenoxy) is 2. The summed E-state index contributed by atoms with van der Waals surface area (Å²) in [4.78, 5) is 30.7. The Morgan fingerprint density at radius 1 is 0.385 bits per heavy atom. The molecule has 0 spiro atoms. The van der Waals surface area contributed by atoms with Crippen molar-refractivity contribution in [2.45, 2.75) is 304 Å². The van der Waals surface area contributed by atoms with Crippen molar-refractivity contribution in [3.05, 3.63) is 0 Å². The maximum Gasteiger partial charge on any atom is 0.508 e. The minimum atomic E-state index is -0.476. The first-order valence-electron chi connectivity index (χ1n) is 29.4. The molecule has 7 nitrogen and oxygen atoms in total. The molecule has 1 N–H and O–H groups in total. The van der Waals surface area contributed by atoms with Crippen LogP contribution in [-0.2, 0) is 14.3 Å². The molecule has 0 fully saturated rings. The van der Waals surface area contributed by atoms with E-state index >= 15 is 0 Å². The summed E-state index contributed by atoms with van der Waals surface area (Å²) in [5.41, 5.74) is 0. The van der Waals surface area contributed by atoms with Gasteiger partial charge in [-0.05, 0) is 96.2 Å². The molecule has 0 saturated carbocycles. The topological polar surface area (TPSA) is 79.3 Å². The standard InChI is InChI=1S/C58H116N2O5/c1-5-9-13-17-20-22-31-41-51-60(52-42-32-23-21-18-14-10-6-2)57(62)47-37-28-26-30-39-49-59(50-40-34-43-53-61)48-38-29-24-25-33-44-54-64-58(63)65-55-56(45-35-16-12-8-4)46-36-27-19-15-11-7-3/h56,61H,5-55H2,1-4H3. The van der Waals surface area contributed by atoms with Crippen LogP contribution >= 0.6 is 0 Å². The van der Waals surface area contributed by atoms with E-state index in [9.17, 15) is 14.7 Å². The van der Waals surface area contributed by atoms with Crippen molar-refractivity contribution in [2.75, 3.05) is 52.5 Å². The minimum absolute atomic E-state index is 0.295. The van der Waals surface area contributed by atoms with E-state index in [0.717, 1.165) is 96.9 Å². The lowest BCUT2D eigenvalue weighted by molar-refractivity contribution is -0.131. The van der Waals surface area contributed by atoms with Gasteiger partial charge in [0.25, 0.3) is 0 Å². The molecule has 1 atom stereocenters. The van der Waals surface area contributed by atoms with Crippen LogP contribution in [0.5, 0.6) is 0 Å². The molecule has 1 amide bonds. The van der Waals surface area contributed by atoms with Crippen LogP contribution in [0.2, 0.25) is 0 Å². The molecule has 65 heavy (non-hydrogen) atoms. The van der Waals surface area contributed by atoms with E-state index < -0.39 is 6.16 Å². The number of unbranched alkanes of at least 4 members (excludes halogenated alkanes) is 33. The second-order valence-corrected chi connectivity index (χ2v) is 20.3. The van der Waals surface area contributed by atoms with Crippen molar-refractivity contribution in [3.63, 3.8) is 0 Å². The van der Waals surface area contributed by atoms with Crippen LogP contribution in [0.3, 0.4) is 0 Å². The fourth-order valence-corrected chi connectivity index (χ4v) is 9.41. The number of nitrogens with zero attached hydrogens (tertiary/aromatic N) is 2. The van der Waals surface area contributed by atoms with E-state index in [1.807, 2.05) is 0 Å². The molecule has 0 heterocycles. The van der Waals surface area contributed by atoms with Gasteiger partial charge in [0.05, 0.1) is 13.2 Å². The fourth-order valence-electron chi connectivity index (χ4n) is 9.41. The monoisotopic (exact) mass is 921 g/mol. The molecule has 0 saturated heterocycles. The van der Waals surface area contributed by atoms with Gasteiger partial charge in [0, 0.05) is 26.1 Å². The second-order valence-electron chi connectivity index (χ2n) is 20.3. The zero-order valence-electron chi connectivity index (χ0n) is 44.6. The summed E-state index contributed by atoms with van der Waals surface area (Å²) in [5.74, 6) is 0.874. The highest BCUT2D eigenvalue weighted by atomic mass is 16.7. The van der Waals surface area contributed by atoms with Crippen molar-refractivity contribution in [2.24, 2.45) is 5.92 Å². The molecule has 7 heteroatoms. The molecular formula is C58H116N2O5. The molecule has 1 unspecified atom stereocenters. The zero-order valence-corrected chi connectivity index (χ0v) is 44.6. The van der Waals surface area contributed by atoms with E-state index in [4.69, 9.17) is 9.47 Å². The Bertz CT molecular complexity index is 929. The number of hydrogen-bond acceptors (Lipinski definition) is 6. The van der Waals surface area contributed by atoms with Gasteiger partial charge in [0.1, 0.15) is 0 Å². The van der Waals surface area contributed by atoms with Crippen molar-refractivity contribution in [1.29, 1.82) is 0 Å². The third kappa shape index (κ3) is 47.5. The van der Waals surface area contributed by atoms with Gasteiger partial charge < -0.3 is 24.4 Å². The van der Waals surface area contributed by atoms with Crippen LogP contribution in [0.15, 0.2) is 0 Å². The summed E-state index contributed by atoms with van der Waals surface area (Å²) in [5, 5.41) is 9.29. The Hall–Kier alpha value is -1.34. The molecule has 0 radical (unpaired) electrons. The lowest BCUT2D eigenvalue weighted by atomic mass is 9.95. The van der Waals surface area contributed by atoms with Gasteiger partial charge in [0.15, 0.2) is 0 Å². The number of hydrogen-bond donors (Lipinski definition) is 1. The molecule has 0 aliphatic carbocycles. The minimum Gasteiger partial charge on any atom is -0.434 e. The van der Waals surface area contributed by atoms with Crippen molar-refractivity contribution < 1.29 is 24.2 Å². The Morgan fingerprint density at radius 2 is 0.723 bits per heavy atom. The van der Waals surface area contributed by atoms with E-state index in [0.29, 0.717) is 31.6 Å². The van der Waals surface area contributed by atoms with Crippen molar-refractivity contribution >= 4 is 12.1 Å². The van der Waals surface area contributed by atoms with Crippen LogP contribution in [0, 0.1) is 5.92 Å². The maximum absolute atomic E-state index is 13.4. The highest BCUT2D eigenvalue weighted by molar-refractivity contribution is 5.76. The van der Waals surface area contributed by atoms with Crippen molar-refractivity contribution in [1.82, 2.24) is 9.80 Å². The molecule has 388 valence electrons. The Labute approximate surface area is 406 Å². The molecule has 0 aromatic carbocycles. The third-order valence-electron chi connectivity index (χ3n) is 13.9. The average Bonchev–Trinajstić information content (AvgIpc) is 3.31. The first-order chi connectivity index (χ1) is 32.0. The average molecular weight is 922 g/mol. The Morgan fingerprint density at radius 3 is 1.15 bits per heavy atom. The summed E-state index contributed by atoms with van der Waals surface area (Å²) in [6.07, 6.45) is 52.5. The molecule has 0 aromatic heterocycles. The predicted molar refractivity (Wildman–Crippen MR) is 282 cm³/mol. The quantitative estimate of drug-likeness (QED) is 0.0484. The third-order valence-corrected chi connectivity index (χ3v) is 13.9. The summed E-state index contributed by atoms with van der Waals surface area (Å²) in [7, 11) is 0. The lowest BCUT2D eigenvalue weighted by Crippen LogP contribution is -2.32. The number of aliphatic hydroxyl groups is 1. The summed E-state index contributed by atoms with van der Waals surface area (Å²) in [6.45, 7) is 15.7. The molecule has 0 aliphatic heterocycles. The zero-order chi connectivity index (χ0) is 47.4. The Kier molecular flexibility index (Phi) is 52.5. The SMILES string of the molecule is CCCCCCCCCCN(CCCCCCCCCC)C(=O)CCCCCCCN(CCCCCO)CCCCCCCCOC(=O)OCC(CCCCCC)CCCCCCCC. The summed E-state index contributed by atoms with van der Waals surface area (Å²) in [6, 6.07) is 0. The van der Waals surface area contributed by atoms with Gasteiger partial charge in [-0.3, -0.25) is 4.79 Å². The molecule has 0 aliphatic rings. The normalized spacial score (nSPS) is 12.0. The van der Waals surface area contributed by atoms with Crippen LogP contribution in [0.25, 0.3) is 0 Å². The van der Waals surface area contributed by atoms with Crippen LogP contribution in [0.4, 0.5) is 4.79 Å². The number of amides is 1. The van der Waals surface area contributed by atoms with Crippen molar-refractivity contribution in [3.8, 4) is 0 Å². The maximum atomic E-state index is 13.4. The van der Waals surface area contributed by atoms with E-state index in [2.05, 4.69) is 37.5 Å². The smallest absolute Gasteiger partial charge is 0.434 e. The Balaban J connectivity index is 4.38. The lowest BCUT2D eigenvalue weighted by Gasteiger charge is -2.23. The largest absolute Gasteiger partial charge is 0.508 e. The van der Waals surface area contributed by atoms with Crippen LogP contribution in [0.1, 0.15) is 304 Å². The molecule has 0 aromatic rings. The van der Waals surface area contributed by atoms with Crippen LogP contribution < -0.4 is 0 Å². The highest BCUT2D eigenvalue weighted by Gasteiger charge is 2.15.